The van der Waals surface area contributed by atoms with E-state index in [0.717, 1.165) is 6.54 Å². The van der Waals surface area contributed by atoms with Crippen molar-refractivity contribution < 1.29 is 9.47 Å². The predicted octanol–water partition coefficient (Wildman–Crippen LogP) is 0.669. The van der Waals surface area contributed by atoms with Crippen molar-refractivity contribution in [2.24, 2.45) is 5.73 Å². The lowest BCUT2D eigenvalue weighted by Gasteiger charge is -2.11. The van der Waals surface area contributed by atoms with Crippen molar-refractivity contribution in [1.82, 2.24) is 0 Å². The lowest BCUT2D eigenvalue weighted by atomic mass is 10.2. The Kier molecular flexibility index (Phi) is 10.3. The van der Waals surface area contributed by atoms with Crippen LogP contribution in [-0.2, 0) is 9.47 Å². The first-order chi connectivity index (χ1) is 6.35. The van der Waals surface area contributed by atoms with Crippen LogP contribution in [0, 0.1) is 0 Å². The van der Waals surface area contributed by atoms with Crippen molar-refractivity contribution in [1.29, 1.82) is 0 Å². The maximum Gasteiger partial charge on any atom is 0.134 e. The molecule has 0 spiro atoms. The van der Waals surface area contributed by atoms with Crippen molar-refractivity contribution in [2.75, 3.05) is 20.8 Å². The van der Waals surface area contributed by atoms with Crippen LogP contribution in [0.1, 0.15) is 25.7 Å². The lowest BCUT2D eigenvalue weighted by molar-refractivity contribution is -0.0441. The topological polar surface area (TPSA) is 44.5 Å². The Morgan fingerprint density at radius 3 is 2.23 bits per heavy atom. The summed E-state index contributed by atoms with van der Waals surface area (Å²) in [4.78, 5) is 0. The van der Waals surface area contributed by atoms with Crippen LogP contribution in [-0.4, -0.2) is 36.2 Å². The number of hydrogen-bond donors (Lipinski definition) is 1. The van der Waals surface area contributed by atoms with Crippen LogP contribution < -0.4 is 5.73 Å². The standard InChI is InChI=1S/C9H23NO2Si/c1-11-9(12-2)13-8-6-4-3-5-7-10/h9H,3-8,10,13H2,1-2H3. The van der Waals surface area contributed by atoms with Gasteiger partial charge in [-0.3, -0.25) is 0 Å². The molecular weight excluding hydrogens is 182 g/mol. The van der Waals surface area contributed by atoms with E-state index in [1.165, 1.54) is 31.7 Å². The molecule has 4 heteroatoms. The zero-order chi connectivity index (χ0) is 9.94. The van der Waals surface area contributed by atoms with Gasteiger partial charge >= 0.3 is 0 Å². The smallest absolute Gasteiger partial charge is 0.134 e. The summed E-state index contributed by atoms with van der Waals surface area (Å²) < 4.78 is 10.3. The van der Waals surface area contributed by atoms with Gasteiger partial charge < -0.3 is 15.2 Å². The van der Waals surface area contributed by atoms with Crippen molar-refractivity contribution in [3.05, 3.63) is 0 Å². The molecule has 0 aromatic heterocycles. The van der Waals surface area contributed by atoms with Crippen LogP contribution >= 0.6 is 0 Å². The first kappa shape index (κ1) is 13.1. The molecule has 0 saturated carbocycles. The highest BCUT2D eigenvalue weighted by atomic mass is 28.2. The molecule has 13 heavy (non-hydrogen) atoms. The third-order valence-electron chi connectivity index (χ3n) is 2.17. The number of rotatable bonds is 9. The monoisotopic (exact) mass is 205 g/mol. The maximum atomic E-state index is 5.40. The van der Waals surface area contributed by atoms with E-state index in [1.54, 1.807) is 14.2 Å². The molecule has 0 aliphatic carbocycles. The number of unbranched alkanes of at least 4 members (excludes halogenated alkanes) is 3. The van der Waals surface area contributed by atoms with Gasteiger partial charge in [-0.05, 0) is 13.0 Å². The minimum Gasteiger partial charge on any atom is -0.360 e. The molecule has 0 amide bonds. The summed E-state index contributed by atoms with van der Waals surface area (Å²) in [5.41, 5.74) is 5.40. The molecule has 80 valence electrons. The molecule has 0 unspecified atom stereocenters. The minimum absolute atomic E-state index is 0.120. The van der Waals surface area contributed by atoms with Crippen molar-refractivity contribution in [2.45, 2.75) is 37.6 Å². The highest BCUT2D eigenvalue weighted by Crippen LogP contribution is 2.04. The average molecular weight is 205 g/mol. The summed E-state index contributed by atoms with van der Waals surface area (Å²) in [5, 5.41) is 0. The van der Waals surface area contributed by atoms with E-state index in [9.17, 15) is 0 Å². The molecule has 2 N–H and O–H groups in total. The van der Waals surface area contributed by atoms with Gasteiger partial charge in [0.1, 0.15) is 5.91 Å². The van der Waals surface area contributed by atoms with E-state index in [2.05, 4.69) is 0 Å². The third kappa shape index (κ3) is 8.43. The molecule has 0 bridgehead atoms. The van der Waals surface area contributed by atoms with E-state index in [-0.39, 0.29) is 15.4 Å². The van der Waals surface area contributed by atoms with Crippen LogP contribution in [0.5, 0.6) is 0 Å². The van der Waals surface area contributed by atoms with E-state index >= 15 is 0 Å². The fourth-order valence-corrected chi connectivity index (χ4v) is 2.76. The number of nitrogens with two attached hydrogens (primary N) is 1. The van der Waals surface area contributed by atoms with Crippen molar-refractivity contribution >= 4 is 9.52 Å². The normalized spacial score (nSPS) is 12.0. The second-order valence-electron chi connectivity index (χ2n) is 3.25. The summed E-state index contributed by atoms with van der Waals surface area (Å²) in [7, 11) is 3.25. The van der Waals surface area contributed by atoms with Gasteiger partial charge in [-0.15, -0.1) is 0 Å². The minimum atomic E-state index is -0.185. The van der Waals surface area contributed by atoms with Crippen molar-refractivity contribution in [3.8, 4) is 0 Å². The lowest BCUT2D eigenvalue weighted by Crippen LogP contribution is -2.20. The van der Waals surface area contributed by atoms with Gasteiger partial charge in [0.05, 0.1) is 9.52 Å². The molecule has 0 radical (unpaired) electrons. The largest absolute Gasteiger partial charge is 0.360 e. The highest BCUT2D eigenvalue weighted by molar-refractivity contribution is 6.36. The van der Waals surface area contributed by atoms with Crippen LogP contribution in [0.25, 0.3) is 0 Å². The Morgan fingerprint density at radius 2 is 1.69 bits per heavy atom. The fourth-order valence-electron chi connectivity index (χ4n) is 1.32. The average Bonchev–Trinajstić information content (AvgIpc) is 2.17. The van der Waals surface area contributed by atoms with Gasteiger partial charge in [0.25, 0.3) is 0 Å². The van der Waals surface area contributed by atoms with E-state index < -0.39 is 0 Å². The molecule has 3 nitrogen and oxygen atoms in total. The Hall–Kier alpha value is 0.0969. The Balaban J connectivity index is 3.05. The van der Waals surface area contributed by atoms with Crippen LogP contribution in [0.2, 0.25) is 6.04 Å². The second-order valence-corrected chi connectivity index (χ2v) is 5.20. The van der Waals surface area contributed by atoms with Crippen LogP contribution in [0.15, 0.2) is 0 Å². The number of methoxy groups -OCH3 is 2. The number of ether oxygens (including phenoxy) is 2. The molecule has 0 rings (SSSR count). The molecule has 0 aromatic rings. The molecule has 0 heterocycles. The summed E-state index contributed by atoms with van der Waals surface area (Å²) in [6.45, 7) is 0.830. The summed E-state index contributed by atoms with van der Waals surface area (Å²) in [6.07, 6.45) is 5.06. The van der Waals surface area contributed by atoms with Gasteiger partial charge in [-0.25, -0.2) is 0 Å². The van der Waals surface area contributed by atoms with Crippen LogP contribution in [0.3, 0.4) is 0 Å². The number of hydrogen-bond acceptors (Lipinski definition) is 3. The van der Waals surface area contributed by atoms with Crippen LogP contribution in [0.4, 0.5) is 0 Å². The first-order valence-electron chi connectivity index (χ1n) is 5.10. The molecular formula is C9H23NO2Si. The van der Waals surface area contributed by atoms with Gasteiger partial charge in [0.2, 0.25) is 0 Å². The van der Waals surface area contributed by atoms with Gasteiger partial charge in [-0.1, -0.05) is 25.3 Å². The maximum absolute atomic E-state index is 5.40. The Morgan fingerprint density at radius 1 is 1.08 bits per heavy atom. The highest BCUT2D eigenvalue weighted by Gasteiger charge is 2.04. The fraction of sp³-hybridized carbons (Fsp3) is 1.00. The molecule has 0 aromatic carbocycles. The van der Waals surface area contributed by atoms with Gasteiger partial charge in [0.15, 0.2) is 0 Å². The zero-order valence-corrected chi connectivity index (χ0v) is 10.3. The zero-order valence-electron chi connectivity index (χ0n) is 8.92. The summed E-state index contributed by atoms with van der Waals surface area (Å²) in [6, 6.07) is 1.32. The predicted molar refractivity (Wildman–Crippen MR) is 58.7 cm³/mol. The SMILES string of the molecule is COC(OC)[SiH2]CCCCCCN. The van der Waals surface area contributed by atoms with E-state index in [1.807, 2.05) is 0 Å². The molecule has 0 fully saturated rings. The van der Waals surface area contributed by atoms with Gasteiger partial charge in [0, 0.05) is 14.2 Å². The van der Waals surface area contributed by atoms with Crippen molar-refractivity contribution in [3.63, 3.8) is 0 Å². The Bertz CT molecular complexity index is 99.6. The van der Waals surface area contributed by atoms with E-state index in [4.69, 9.17) is 15.2 Å². The molecule has 0 aliphatic heterocycles. The molecule has 0 saturated heterocycles. The Labute approximate surface area is 83.8 Å². The van der Waals surface area contributed by atoms with Gasteiger partial charge in [-0.2, -0.15) is 0 Å². The summed E-state index contributed by atoms with van der Waals surface area (Å²) >= 11 is 0. The molecule has 0 atom stereocenters. The first-order valence-corrected chi connectivity index (χ1v) is 6.92. The third-order valence-corrected chi connectivity index (χ3v) is 4.22. The van der Waals surface area contributed by atoms with E-state index in [0.29, 0.717) is 0 Å². The second kappa shape index (κ2) is 10.2. The molecule has 0 aliphatic rings. The quantitative estimate of drug-likeness (QED) is 0.342. The summed E-state index contributed by atoms with van der Waals surface area (Å²) in [5.74, 6) is 0.120.